The number of amides is 2. The molecule has 0 aromatic heterocycles. The third-order valence-corrected chi connectivity index (χ3v) is 7.10. The number of nitriles is 1. The second kappa shape index (κ2) is 14.3. The highest BCUT2D eigenvalue weighted by atomic mass is 16.6. The quantitative estimate of drug-likeness (QED) is 0.326. The largest absolute Gasteiger partial charge is 0.475 e. The van der Waals surface area contributed by atoms with Crippen molar-refractivity contribution in [3.63, 3.8) is 0 Å². The van der Waals surface area contributed by atoms with Gasteiger partial charge in [0.05, 0.1) is 31.8 Å². The maximum atomic E-state index is 13.3. The molecule has 0 radical (unpaired) electrons. The standard InChI is InChI=1S/C27H39BN4O6/c1-27(2,32-14-16-37-17-15-32)12-11-22(19-29)25(33)31-13-7-6-10-23(20-31)38-26(34)30-24(28(35)36)18-21-8-4-3-5-9-21/h3-5,8-9,11-12,22-24,35-36H,6-7,10,13-18,20H2,1-2H3,(H,30,34)/b12-11+/t22?,23-,24-/m0/s1. The lowest BCUT2D eigenvalue weighted by molar-refractivity contribution is -0.133. The van der Waals surface area contributed by atoms with Gasteiger partial charge in [-0.1, -0.05) is 42.5 Å². The summed E-state index contributed by atoms with van der Waals surface area (Å²) in [7, 11) is -1.76. The van der Waals surface area contributed by atoms with Crippen LogP contribution in [0.4, 0.5) is 4.79 Å². The number of likely N-dealkylation sites (tertiary alicyclic amines) is 1. The van der Waals surface area contributed by atoms with E-state index in [1.165, 1.54) is 0 Å². The molecule has 2 aliphatic rings. The summed E-state index contributed by atoms with van der Waals surface area (Å²) in [6.07, 6.45) is 4.53. The zero-order chi connectivity index (χ0) is 27.5. The van der Waals surface area contributed by atoms with Gasteiger partial charge in [0.1, 0.15) is 12.0 Å². The van der Waals surface area contributed by atoms with Gasteiger partial charge in [-0.25, -0.2) is 4.79 Å². The third-order valence-electron chi connectivity index (χ3n) is 7.10. The average molecular weight is 526 g/mol. The van der Waals surface area contributed by atoms with E-state index in [1.54, 1.807) is 11.0 Å². The molecule has 2 amide bonds. The Morgan fingerprint density at radius 3 is 2.61 bits per heavy atom. The predicted molar refractivity (Wildman–Crippen MR) is 143 cm³/mol. The molecule has 10 nitrogen and oxygen atoms in total. The molecule has 1 aromatic carbocycles. The molecule has 2 aliphatic heterocycles. The highest BCUT2D eigenvalue weighted by Gasteiger charge is 2.32. The third kappa shape index (κ3) is 8.84. The lowest BCUT2D eigenvalue weighted by Gasteiger charge is -2.39. The summed E-state index contributed by atoms with van der Waals surface area (Å²) in [5.41, 5.74) is 0.513. The van der Waals surface area contributed by atoms with E-state index >= 15 is 0 Å². The van der Waals surface area contributed by atoms with Crippen LogP contribution in [0.25, 0.3) is 0 Å². The van der Waals surface area contributed by atoms with E-state index in [0.29, 0.717) is 26.2 Å². The number of hydrogen-bond acceptors (Lipinski definition) is 8. The lowest BCUT2D eigenvalue weighted by atomic mass is 9.76. The van der Waals surface area contributed by atoms with Crippen LogP contribution in [0.1, 0.15) is 38.7 Å². The maximum Gasteiger partial charge on any atom is 0.475 e. The van der Waals surface area contributed by atoms with Gasteiger partial charge >= 0.3 is 13.2 Å². The highest BCUT2D eigenvalue weighted by Crippen LogP contribution is 2.21. The molecule has 206 valence electrons. The van der Waals surface area contributed by atoms with Gasteiger partial charge in [0, 0.05) is 25.2 Å². The van der Waals surface area contributed by atoms with Crippen molar-refractivity contribution in [3.8, 4) is 6.07 Å². The second-order valence-corrected chi connectivity index (χ2v) is 10.4. The molecule has 11 heteroatoms. The van der Waals surface area contributed by atoms with Gasteiger partial charge in [-0.3, -0.25) is 9.69 Å². The molecule has 2 heterocycles. The Balaban J connectivity index is 1.58. The first-order valence-corrected chi connectivity index (χ1v) is 13.3. The molecule has 3 N–H and O–H groups in total. The van der Waals surface area contributed by atoms with Crippen LogP contribution in [0.15, 0.2) is 42.5 Å². The van der Waals surface area contributed by atoms with Gasteiger partial charge in [0.2, 0.25) is 5.91 Å². The number of benzene rings is 1. The van der Waals surface area contributed by atoms with Crippen LogP contribution in [-0.4, -0.2) is 95.9 Å². The van der Waals surface area contributed by atoms with Crippen LogP contribution in [0.2, 0.25) is 0 Å². The zero-order valence-electron chi connectivity index (χ0n) is 22.3. The summed E-state index contributed by atoms with van der Waals surface area (Å²) in [6.45, 7) is 7.65. The van der Waals surface area contributed by atoms with E-state index in [1.807, 2.05) is 36.4 Å². The Hall–Kier alpha value is -2.91. The number of rotatable bonds is 9. The number of ether oxygens (including phenoxy) is 2. The smallest absolute Gasteiger partial charge is 0.444 e. The van der Waals surface area contributed by atoms with E-state index in [-0.39, 0.29) is 24.4 Å². The fourth-order valence-corrected chi connectivity index (χ4v) is 4.79. The Labute approximate surface area is 225 Å². The summed E-state index contributed by atoms with van der Waals surface area (Å²) in [5, 5.41) is 31.8. The second-order valence-electron chi connectivity index (χ2n) is 10.4. The van der Waals surface area contributed by atoms with Crippen molar-refractivity contribution in [2.24, 2.45) is 5.92 Å². The molecule has 38 heavy (non-hydrogen) atoms. The molecule has 3 atom stereocenters. The Kier molecular flexibility index (Phi) is 11.2. The van der Waals surface area contributed by atoms with E-state index in [9.17, 15) is 24.9 Å². The summed E-state index contributed by atoms with van der Waals surface area (Å²) in [4.78, 5) is 29.7. The van der Waals surface area contributed by atoms with Crippen LogP contribution in [0, 0.1) is 17.2 Å². The Bertz CT molecular complexity index is 978. The van der Waals surface area contributed by atoms with Crippen LogP contribution in [0.5, 0.6) is 0 Å². The predicted octanol–water partition coefficient (Wildman–Crippen LogP) is 1.52. The van der Waals surface area contributed by atoms with E-state index in [2.05, 4.69) is 30.1 Å². The van der Waals surface area contributed by atoms with Crippen LogP contribution < -0.4 is 5.32 Å². The van der Waals surface area contributed by atoms with Crippen molar-refractivity contribution >= 4 is 19.1 Å². The number of hydrogen-bond donors (Lipinski definition) is 3. The minimum atomic E-state index is -1.76. The molecular formula is C27H39BN4O6. The van der Waals surface area contributed by atoms with E-state index in [0.717, 1.165) is 31.5 Å². The number of carbonyl (C=O) groups excluding carboxylic acids is 2. The van der Waals surface area contributed by atoms with Crippen molar-refractivity contribution in [1.82, 2.24) is 15.1 Å². The Morgan fingerprint density at radius 1 is 1.24 bits per heavy atom. The molecule has 0 bridgehead atoms. The summed E-state index contributed by atoms with van der Waals surface area (Å²) in [5.74, 6) is -2.20. The van der Waals surface area contributed by atoms with Crippen LogP contribution in [0.3, 0.4) is 0 Å². The molecule has 0 spiro atoms. The molecule has 0 aliphatic carbocycles. The molecule has 1 aromatic rings. The van der Waals surface area contributed by atoms with Crippen molar-refractivity contribution in [2.75, 3.05) is 39.4 Å². The summed E-state index contributed by atoms with van der Waals surface area (Å²) in [6, 6.07) is 11.3. The summed E-state index contributed by atoms with van der Waals surface area (Å²) < 4.78 is 11.0. The lowest BCUT2D eigenvalue weighted by Crippen LogP contribution is -2.49. The van der Waals surface area contributed by atoms with Gasteiger partial charge in [-0.15, -0.1) is 0 Å². The number of nitrogens with one attached hydrogen (secondary N) is 1. The first-order chi connectivity index (χ1) is 18.2. The van der Waals surface area contributed by atoms with Crippen LogP contribution >= 0.6 is 0 Å². The fourth-order valence-electron chi connectivity index (χ4n) is 4.79. The molecule has 0 saturated carbocycles. The van der Waals surface area contributed by atoms with Gasteiger partial charge in [-0.2, -0.15) is 5.26 Å². The first kappa shape index (κ1) is 29.6. The van der Waals surface area contributed by atoms with E-state index < -0.39 is 31.2 Å². The van der Waals surface area contributed by atoms with Gasteiger partial charge in [0.15, 0.2) is 0 Å². The highest BCUT2D eigenvalue weighted by molar-refractivity contribution is 6.43. The van der Waals surface area contributed by atoms with Gasteiger partial charge < -0.3 is 29.7 Å². The normalized spacial score (nSPS) is 20.7. The number of alkyl carbamates (subject to hydrolysis) is 1. The topological polar surface area (TPSA) is 135 Å². The van der Waals surface area contributed by atoms with Gasteiger partial charge in [0.25, 0.3) is 0 Å². The van der Waals surface area contributed by atoms with Crippen molar-refractivity contribution in [2.45, 2.75) is 57.1 Å². The van der Waals surface area contributed by atoms with Crippen molar-refractivity contribution in [1.29, 1.82) is 5.26 Å². The molecule has 1 unspecified atom stereocenters. The zero-order valence-corrected chi connectivity index (χ0v) is 22.3. The fraction of sp³-hybridized carbons (Fsp3) is 0.593. The minimum Gasteiger partial charge on any atom is -0.444 e. The first-order valence-electron chi connectivity index (χ1n) is 13.3. The average Bonchev–Trinajstić information content (AvgIpc) is 3.15. The van der Waals surface area contributed by atoms with E-state index in [4.69, 9.17) is 9.47 Å². The summed E-state index contributed by atoms with van der Waals surface area (Å²) >= 11 is 0. The molecular weight excluding hydrogens is 487 g/mol. The molecule has 3 rings (SSSR count). The number of carbonyl (C=O) groups is 2. The SMILES string of the molecule is CC(C)(/C=C/C(C#N)C(=O)N1CCCC[C@H](OC(=O)N[C@@H](Cc2ccccc2)B(O)O)C1)N1CCOCC1. The minimum absolute atomic E-state index is 0.177. The van der Waals surface area contributed by atoms with Gasteiger partial charge in [-0.05, 0) is 45.1 Å². The van der Waals surface area contributed by atoms with Crippen LogP contribution in [-0.2, 0) is 20.7 Å². The Morgan fingerprint density at radius 2 is 1.95 bits per heavy atom. The molecule has 2 saturated heterocycles. The number of morpholine rings is 1. The monoisotopic (exact) mass is 526 g/mol. The number of nitrogens with zero attached hydrogens (tertiary/aromatic N) is 3. The van der Waals surface area contributed by atoms with Crippen molar-refractivity contribution in [3.05, 3.63) is 48.0 Å². The van der Waals surface area contributed by atoms with Crippen molar-refractivity contribution < 1.29 is 29.1 Å². The molecule has 2 fully saturated rings. The maximum absolute atomic E-state index is 13.3.